The van der Waals surface area contributed by atoms with E-state index in [1.54, 1.807) is 0 Å². The number of halogens is 1. The Hall–Kier alpha value is -0.380. The Morgan fingerprint density at radius 3 is 2.71 bits per heavy atom. The van der Waals surface area contributed by atoms with E-state index in [1.165, 1.54) is 24.0 Å². The van der Waals surface area contributed by atoms with Crippen LogP contribution in [0.5, 0.6) is 0 Å². The Kier molecular flexibility index (Phi) is 2.91. The molecule has 3 heteroatoms. The molecule has 1 fully saturated rings. The number of nitrogens with two attached hydrogens (primary N) is 1. The van der Waals surface area contributed by atoms with E-state index in [1.807, 2.05) is 0 Å². The molecule has 0 aromatic heterocycles. The minimum absolute atomic E-state index is 0.336. The van der Waals surface area contributed by atoms with Crippen molar-refractivity contribution in [3.8, 4) is 0 Å². The minimum atomic E-state index is 0.336. The maximum Gasteiger partial charge on any atom is 0.0490 e. The average Bonchev–Trinajstić information content (AvgIpc) is 2.93. The number of rotatable bonds is 3. The lowest BCUT2D eigenvalue weighted by Crippen LogP contribution is -2.29. The number of benzene rings is 1. The summed E-state index contributed by atoms with van der Waals surface area (Å²) in [7, 11) is 0. The van der Waals surface area contributed by atoms with Crippen molar-refractivity contribution in [2.75, 3.05) is 0 Å². The van der Waals surface area contributed by atoms with Crippen molar-refractivity contribution < 1.29 is 0 Å². The highest BCUT2D eigenvalue weighted by atomic mass is 79.9. The lowest BCUT2D eigenvalue weighted by molar-refractivity contribution is 0.494. The second-order valence-corrected chi connectivity index (χ2v) is 4.90. The van der Waals surface area contributed by atoms with E-state index < -0.39 is 0 Å². The zero-order valence-corrected chi connectivity index (χ0v) is 9.84. The quantitative estimate of drug-likeness (QED) is 0.643. The Morgan fingerprint density at radius 1 is 1.50 bits per heavy atom. The fraction of sp³-hybridized carbons (Fsp3) is 0.455. The number of hydrogen-bond acceptors (Lipinski definition) is 2. The summed E-state index contributed by atoms with van der Waals surface area (Å²) in [6, 6.07) is 6.71. The molecule has 0 spiro atoms. The molecule has 1 aliphatic carbocycles. The van der Waals surface area contributed by atoms with Gasteiger partial charge in [0.2, 0.25) is 0 Å². The van der Waals surface area contributed by atoms with Gasteiger partial charge in [-0.1, -0.05) is 22.0 Å². The summed E-state index contributed by atoms with van der Waals surface area (Å²) in [5.74, 6) is 6.33. The van der Waals surface area contributed by atoms with Gasteiger partial charge in [0.25, 0.3) is 0 Å². The molecule has 2 nitrogen and oxygen atoms in total. The van der Waals surface area contributed by atoms with E-state index in [4.69, 9.17) is 5.84 Å². The first-order valence-electron chi connectivity index (χ1n) is 4.94. The van der Waals surface area contributed by atoms with Crippen molar-refractivity contribution in [2.45, 2.75) is 25.8 Å². The third-order valence-electron chi connectivity index (χ3n) is 2.84. The van der Waals surface area contributed by atoms with Crippen molar-refractivity contribution in [1.29, 1.82) is 0 Å². The second kappa shape index (κ2) is 4.01. The van der Waals surface area contributed by atoms with Gasteiger partial charge >= 0.3 is 0 Å². The molecule has 1 atom stereocenters. The molecule has 0 radical (unpaired) electrons. The zero-order valence-electron chi connectivity index (χ0n) is 8.26. The van der Waals surface area contributed by atoms with Crippen LogP contribution in [0.4, 0.5) is 0 Å². The molecule has 0 bridgehead atoms. The largest absolute Gasteiger partial charge is 0.271 e. The van der Waals surface area contributed by atoms with Gasteiger partial charge in [-0.15, -0.1) is 0 Å². The van der Waals surface area contributed by atoms with Crippen LogP contribution in [0.25, 0.3) is 0 Å². The first-order valence-corrected chi connectivity index (χ1v) is 5.74. The van der Waals surface area contributed by atoms with Crippen LogP contribution in [0.1, 0.15) is 30.0 Å². The zero-order chi connectivity index (χ0) is 10.1. The fourth-order valence-electron chi connectivity index (χ4n) is 1.90. The SMILES string of the molecule is Cc1cc(Br)ccc1C(NN)C1CC1. The molecular formula is C11H15BrN2. The molecule has 14 heavy (non-hydrogen) atoms. The number of hydrogen-bond donors (Lipinski definition) is 2. The first kappa shape index (κ1) is 10.1. The summed E-state index contributed by atoms with van der Waals surface area (Å²) < 4.78 is 1.13. The van der Waals surface area contributed by atoms with E-state index in [0.29, 0.717) is 6.04 Å². The van der Waals surface area contributed by atoms with Gasteiger partial charge in [0.1, 0.15) is 0 Å². The van der Waals surface area contributed by atoms with Crippen LogP contribution in [-0.2, 0) is 0 Å². The van der Waals surface area contributed by atoms with Gasteiger partial charge in [-0.3, -0.25) is 11.3 Å². The van der Waals surface area contributed by atoms with Gasteiger partial charge < -0.3 is 0 Å². The normalized spacial score (nSPS) is 18.2. The van der Waals surface area contributed by atoms with Crippen molar-refractivity contribution in [1.82, 2.24) is 5.43 Å². The summed E-state index contributed by atoms with van der Waals surface area (Å²) in [5.41, 5.74) is 5.56. The van der Waals surface area contributed by atoms with E-state index in [0.717, 1.165) is 10.4 Å². The summed E-state index contributed by atoms with van der Waals surface area (Å²) in [5, 5.41) is 0. The summed E-state index contributed by atoms with van der Waals surface area (Å²) in [6.45, 7) is 2.13. The predicted molar refractivity (Wildman–Crippen MR) is 61.7 cm³/mol. The first-order chi connectivity index (χ1) is 6.72. The molecule has 1 aromatic carbocycles. The van der Waals surface area contributed by atoms with Gasteiger partial charge in [0.05, 0.1) is 0 Å². The predicted octanol–water partition coefficient (Wildman–Crippen LogP) is 2.67. The number of aryl methyl sites for hydroxylation is 1. The average molecular weight is 255 g/mol. The molecule has 0 heterocycles. The van der Waals surface area contributed by atoms with Crippen LogP contribution < -0.4 is 11.3 Å². The maximum absolute atomic E-state index is 5.59. The molecular weight excluding hydrogens is 240 g/mol. The minimum Gasteiger partial charge on any atom is -0.271 e. The monoisotopic (exact) mass is 254 g/mol. The van der Waals surface area contributed by atoms with Crippen LogP contribution >= 0.6 is 15.9 Å². The Morgan fingerprint density at radius 2 is 2.21 bits per heavy atom. The third-order valence-corrected chi connectivity index (χ3v) is 3.33. The Balaban J connectivity index is 2.29. The highest BCUT2D eigenvalue weighted by Gasteiger charge is 2.32. The van der Waals surface area contributed by atoms with Crippen LogP contribution in [0.15, 0.2) is 22.7 Å². The maximum atomic E-state index is 5.59. The number of hydrazine groups is 1. The fourth-order valence-corrected chi connectivity index (χ4v) is 2.37. The molecule has 1 aromatic rings. The lowest BCUT2D eigenvalue weighted by atomic mass is 9.98. The van der Waals surface area contributed by atoms with Crippen molar-refractivity contribution in [3.63, 3.8) is 0 Å². The van der Waals surface area contributed by atoms with E-state index >= 15 is 0 Å². The molecule has 0 saturated heterocycles. The smallest absolute Gasteiger partial charge is 0.0490 e. The molecule has 3 N–H and O–H groups in total. The molecule has 76 valence electrons. The van der Waals surface area contributed by atoms with E-state index in [2.05, 4.69) is 46.5 Å². The Labute approximate surface area is 93.0 Å². The van der Waals surface area contributed by atoms with Crippen LogP contribution in [0.2, 0.25) is 0 Å². The van der Waals surface area contributed by atoms with Crippen molar-refractivity contribution >= 4 is 15.9 Å². The van der Waals surface area contributed by atoms with Crippen LogP contribution in [-0.4, -0.2) is 0 Å². The standard InChI is InChI=1S/C11H15BrN2/c1-7-6-9(12)4-5-10(7)11(14-13)8-2-3-8/h4-6,8,11,14H,2-3,13H2,1H3. The molecule has 0 amide bonds. The van der Waals surface area contributed by atoms with Gasteiger partial charge in [-0.25, -0.2) is 0 Å². The van der Waals surface area contributed by atoms with Gasteiger partial charge in [-0.2, -0.15) is 0 Å². The molecule has 2 rings (SSSR count). The van der Waals surface area contributed by atoms with E-state index in [-0.39, 0.29) is 0 Å². The highest BCUT2D eigenvalue weighted by molar-refractivity contribution is 9.10. The summed E-state index contributed by atoms with van der Waals surface area (Å²) in [4.78, 5) is 0. The van der Waals surface area contributed by atoms with Gasteiger partial charge in [0, 0.05) is 10.5 Å². The van der Waals surface area contributed by atoms with Crippen LogP contribution in [0.3, 0.4) is 0 Å². The Bertz CT molecular complexity index is 334. The van der Waals surface area contributed by atoms with Crippen LogP contribution in [0, 0.1) is 12.8 Å². The topological polar surface area (TPSA) is 38.0 Å². The molecule has 1 saturated carbocycles. The summed E-state index contributed by atoms with van der Waals surface area (Å²) >= 11 is 3.47. The van der Waals surface area contributed by atoms with Crippen molar-refractivity contribution in [3.05, 3.63) is 33.8 Å². The highest BCUT2D eigenvalue weighted by Crippen LogP contribution is 2.41. The molecule has 1 aliphatic rings. The molecule has 1 unspecified atom stereocenters. The van der Waals surface area contributed by atoms with Gasteiger partial charge in [0.15, 0.2) is 0 Å². The van der Waals surface area contributed by atoms with Crippen molar-refractivity contribution in [2.24, 2.45) is 11.8 Å². The summed E-state index contributed by atoms with van der Waals surface area (Å²) in [6.07, 6.45) is 2.59. The third kappa shape index (κ3) is 2.00. The molecule has 0 aliphatic heterocycles. The second-order valence-electron chi connectivity index (χ2n) is 3.98. The van der Waals surface area contributed by atoms with Gasteiger partial charge in [-0.05, 0) is 48.9 Å². The van der Waals surface area contributed by atoms with E-state index in [9.17, 15) is 0 Å². The number of nitrogens with one attached hydrogen (secondary N) is 1. The lowest BCUT2D eigenvalue weighted by Gasteiger charge is -2.18.